The van der Waals surface area contributed by atoms with Gasteiger partial charge in [-0.3, -0.25) is 9.69 Å². The number of morpholine rings is 1. The Kier molecular flexibility index (Phi) is 10.4. The maximum atomic E-state index is 12.4. The van der Waals surface area contributed by atoms with Crippen LogP contribution in [0.25, 0.3) is 0 Å². The fourth-order valence-corrected chi connectivity index (χ4v) is 2.78. The number of hydrogen-bond acceptors (Lipinski definition) is 4. The lowest BCUT2D eigenvalue weighted by Gasteiger charge is -2.33. The van der Waals surface area contributed by atoms with Crippen molar-refractivity contribution in [3.8, 4) is 0 Å². The van der Waals surface area contributed by atoms with Crippen LogP contribution in [0.5, 0.6) is 0 Å². The van der Waals surface area contributed by atoms with Gasteiger partial charge in [-0.05, 0) is 31.5 Å². The molecule has 2 unspecified atom stereocenters. The molecule has 1 amide bonds. The van der Waals surface area contributed by atoms with Gasteiger partial charge in [-0.2, -0.15) is 0 Å². The zero-order chi connectivity index (χ0) is 16.2. The van der Waals surface area contributed by atoms with Crippen LogP contribution in [0, 0.1) is 0 Å². The van der Waals surface area contributed by atoms with E-state index in [-0.39, 0.29) is 30.7 Å². The molecular weight excluding hydrogens is 417 g/mol. The minimum atomic E-state index is -1.03. The van der Waals surface area contributed by atoms with Gasteiger partial charge in [0.25, 0.3) is 0 Å². The van der Waals surface area contributed by atoms with Crippen molar-refractivity contribution in [2.45, 2.75) is 25.4 Å². The largest absolute Gasteiger partial charge is 0.379 e. The fourth-order valence-electron chi connectivity index (χ4n) is 2.52. The summed E-state index contributed by atoms with van der Waals surface area (Å²) in [5.74, 6) is -0.157. The highest BCUT2D eigenvalue weighted by atomic mass is 79.9. The van der Waals surface area contributed by atoms with Crippen LogP contribution in [-0.4, -0.2) is 49.7 Å². The van der Waals surface area contributed by atoms with E-state index < -0.39 is 5.54 Å². The Hall–Kier alpha value is -0.370. The number of ether oxygens (including phenoxy) is 1. The van der Waals surface area contributed by atoms with Crippen molar-refractivity contribution in [3.05, 3.63) is 34.3 Å². The summed E-state index contributed by atoms with van der Waals surface area (Å²) >= 11 is 3.38. The Balaban J connectivity index is 0.00000264. The summed E-state index contributed by atoms with van der Waals surface area (Å²) < 4.78 is 6.37. The van der Waals surface area contributed by atoms with Gasteiger partial charge in [-0.1, -0.05) is 28.1 Å². The van der Waals surface area contributed by atoms with Crippen LogP contribution in [0.3, 0.4) is 0 Å². The number of amides is 1. The molecule has 0 spiro atoms. The Morgan fingerprint density at radius 3 is 2.62 bits per heavy atom. The molecule has 0 bridgehead atoms. The molecule has 1 saturated heterocycles. The zero-order valence-electron chi connectivity index (χ0n) is 14.0. The first-order chi connectivity index (χ1) is 10.4. The molecule has 24 heavy (non-hydrogen) atoms. The highest BCUT2D eigenvalue weighted by Gasteiger charge is 2.30. The van der Waals surface area contributed by atoms with Crippen molar-refractivity contribution in [2.24, 2.45) is 5.73 Å². The third kappa shape index (κ3) is 6.17. The molecular formula is C16H26BrCl2N3O2. The molecule has 0 aliphatic carbocycles. The second kappa shape index (κ2) is 10.6. The first kappa shape index (κ1) is 23.6. The van der Waals surface area contributed by atoms with Crippen molar-refractivity contribution in [1.29, 1.82) is 0 Å². The van der Waals surface area contributed by atoms with Crippen LogP contribution in [0.4, 0.5) is 0 Å². The van der Waals surface area contributed by atoms with Gasteiger partial charge in [0.05, 0.1) is 13.2 Å². The quantitative estimate of drug-likeness (QED) is 0.734. The summed E-state index contributed by atoms with van der Waals surface area (Å²) in [4.78, 5) is 14.7. The van der Waals surface area contributed by atoms with Crippen molar-refractivity contribution in [2.75, 3.05) is 32.8 Å². The summed E-state index contributed by atoms with van der Waals surface area (Å²) in [6, 6.07) is 7.91. The predicted octanol–water partition coefficient (Wildman–Crippen LogP) is 2.30. The van der Waals surface area contributed by atoms with Gasteiger partial charge in [-0.15, -0.1) is 24.8 Å². The minimum Gasteiger partial charge on any atom is -0.379 e. The first-order valence-electron chi connectivity index (χ1n) is 7.56. The van der Waals surface area contributed by atoms with Gasteiger partial charge in [0.1, 0.15) is 5.54 Å². The van der Waals surface area contributed by atoms with E-state index in [9.17, 15) is 4.79 Å². The highest BCUT2D eigenvalue weighted by molar-refractivity contribution is 9.10. The molecule has 2 rings (SSSR count). The number of carbonyl (C=O) groups is 1. The van der Waals surface area contributed by atoms with E-state index in [1.54, 1.807) is 6.92 Å². The molecule has 0 aromatic heterocycles. The van der Waals surface area contributed by atoms with Crippen molar-refractivity contribution < 1.29 is 9.53 Å². The molecule has 0 radical (unpaired) electrons. The topological polar surface area (TPSA) is 67.6 Å². The summed E-state index contributed by atoms with van der Waals surface area (Å²) in [6.07, 6.45) is 0. The molecule has 1 fully saturated rings. The van der Waals surface area contributed by atoms with Gasteiger partial charge in [0, 0.05) is 30.1 Å². The van der Waals surface area contributed by atoms with Crippen LogP contribution >= 0.6 is 40.7 Å². The van der Waals surface area contributed by atoms with Crippen LogP contribution in [0.15, 0.2) is 28.7 Å². The predicted molar refractivity (Wildman–Crippen MR) is 105 cm³/mol. The number of hydrogen-bond donors (Lipinski definition) is 2. The van der Waals surface area contributed by atoms with Gasteiger partial charge < -0.3 is 15.8 Å². The molecule has 3 N–H and O–H groups in total. The summed E-state index contributed by atoms with van der Waals surface area (Å²) in [7, 11) is 0. The summed E-state index contributed by atoms with van der Waals surface area (Å²) in [5.41, 5.74) is 5.99. The number of benzene rings is 1. The molecule has 138 valence electrons. The SMILES string of the molecule is CC1COCCN1CCNC(=O)C(C)(N)c1ccc(Br)cc1.Cl.Cl. The minimum absolute atomic E-state index is 0. The van der Waals surface area contributed by atoms with Crippen LogP contribution < -0.4 is 11.1 Å². The number of rotatable bonds is 5. The Morgan fingerprint density at radius 1 is 1.42 bits per heavy atom. The Morgan fingerprint density at radius 2 is 2.04 bits per heavy atom. The van der Waals surface area contributed by atoms with E-state index in [1.807, 2.05) is 24.3 Å². The summed E-state index contributed by atoms with van der Waals surface area (Å²) in [6.45, 7) is 7.69. The number of nitrogens with two attached hydrogens (primary N) is 1. The standard InChI is InChI=1S/C16H24BrN3O2.2ClH/c1-12-11-22-10-9-20(12)8-7-19-15(21)16(2,18)13-3-5-14(17)6-4-13;;/h3-6,12H,7-11,18H2,1-2H3,(H,19,21);2*1H. The molecule has 1 heterocycles. The number of nitrogens with one attached hydrogen (secondary N) is 1. The molecule has 1 aromatic rings. The van der Waals surface area contributed by atoms with E-state index in [0.29, 0.717) is 12.6 Å². The normalized spacial score (nSPS) is 20.2. The number of nitrogens with zero attached hydrogens (tertiary/aromatic N) is 1. The zero-order valence-corrected chi connectivity index (χ0v) is 17.2. The molecule has 1 aromatic carbocycles. The highest BCUT2D eigenvalue weighted by Crippen LogP contribution is 2.20. The molecule has 8 heteroatoms. The van der Waals surface area contributed by atoms with Crippen molar-refractivity contribution >= 4 is 46.7 Å². The van der Waals surface area contributed by atoms with E-state index in [4.69, 9.17) is 10.5 Å². The first-order valence-corrected chi connectivity index (χ1v) is 8.35. The lowest BCUT2D eigenvalue weighted by atomic mass is 9.92. The second-order valence-electron chi connectivity index (χ2n) is 5.93. The van der Waals surface area contributed by atoms with Crippen LogP contribution in [0.1, 0.15) is 19.4 Å². The molecule has 5 nitrogen and oxygen atoms in total. The summed E-state index contributed by atoms with van der Waals surface area (Å²) in [5, 5.41) is 2.95. The van der Waals surface area contributed by atoms with E-state index in [1.165, 1.54) is 0 Å². The van der Waals surface area contributed by atoms with Gasteiger partial charge in [-0.25, -0.2) is 0 Å². The Bertz CT molecular complexity index is 515. The smallest absolute Gasteiger partial charge is 0.244 e. The third-order valence-corrected chi connectivity index (χ3v) is 4.63. The average Bonchev–Trinajstić information content (AvgIpc) is 2.49. The van der Waals surface area contributed by atoms with E-state index in [2.05, 4.69) is 33.1 Å². The Labute approximate surface area is 164 Å². The van der Waals surface area contributed by atoms with Crippen LogP contribution in [-0.2, 0) is 15.1 Å². The second-order valence-corrected chi connectivity index (χ2v) is 6.84. The third-order valence-electron chi connectivity index (χ3n) is 4.11. The van der Waals surface area contributed by atoms with Gasteiger partial charge in [0.2, 0.25) is 5.91 Å². The van der Waals surface area contributed by atoms with Gasteiger partial charge >= 0.3 is 0 Å². The average molecular weight is 443 g/mol. The van der Waals surface area contributed by atoms with E-state index in [0.717, 1.165) is 36.3 Å². The van der Waals surface area contributed by atoms with Crippen molar-refractivity contribution in [1.82, 2.24) is 10.2 Å². The maximum Gasteiger partial charge on any atom is 0.244 e. The van der Waals surface area contributed by atoms with Crippen LogP contribution in [0.2, 0.25) is 0 Å². The number of halogens is 3. The lowest BCUT2D eigenvalue weighted by Crippen LogP contribution is -2.52. The monoisotopic (exact) mass is 441 g/mol. The fraction of sp³-hybridized carbons (Fsp3) is 0.562. The molecule has 2 atom stereocenters. The molecule has 0 saturated carbocycles. The molecule has 1 aliphatic heterocycles. The van der Waals surface area contributed by atoms with E-state index >= 15 is 0 Å². The maximum absolute atomic E-state index is 12.4. The van der Waals surface area contributed by atoms with Crippen molar-refractivity contribution in [3.63, 3.8) is 0 Å². The number of carbonyl (C=O) groups excluding carboxylic acids is 1. The molecule has 1 aliphatic rings. The lowest BCUT2D eigenvalue weighted by molar-refractivity contribution is -0.126. The van der Waals surface area contributed by atoms with Gasteiger partial charge in [0.15, 0.2) is 0 Å².